The Balaban J connectivity index is 1.52. The molecule has 0 aliphatic heterocycles. The summed E-state index contributed by atoms with van der Waals surface area (Å²) < 4.78 is 6.04. The monoisotopic (exact) mass is 353 g/mol. The molecule has 0 radical (unpaired) electrons. The summed E-state index contributed by atoms with van der Waals surface area (Å²) in [5, 5.41) is 2.96. The highest BCUT2D eigenvalue weighted by Crippen LogP contribution is 2.23. The van der Waals surface area contributed by atoms with Gasteiger partial charge in [-0.25, -0.2) is 4.98 Å². The molecule has 1 aromatic heterocycles. The zero-order valence-electron chi connectivity index (χ0n) is 15.6. The number of aromatic nitrogens is 1. The maximum atomic E-state index is 12.3. The summed E-state index contributed by atoms with van der Waals surface area (Å²) in [4.78, 5) is 18.4. The van der Waals surface area contributed by atoms with Crippen LogP contribution < -0.4 is 15.0 Å². The van der Waals surface area contributed by atoms with E-state index in [9.17, 15) is 4.79 Å². The Kier molecular flexibility index (Phi) is 6.10. The quantitative estimate of drug-likeness (QED) is 0.858. The number of hydrogen-bond donors (Lipinski definition) is 1. The summed E-state index contributed by atoms with van der Waals surface area (Å²) in [6.45, 7) is 0.488. The highest BCUT2D eigenvalue weighted by molar-refractivity contribution is 5.94. The molecule has 1 aliphatic rings. The first-order chi connectivity index (χ1) is 12.6. The minimum Gasteiger partial charge on any atom is -0.490 e. The van der Waals surface area contributed by atoms with Crippen molar-refractivity contribution in [2.45, 2.75) is 44.8 Å². The van der Waals surface area contributed by atoms with E-state index in [-0.39, 0.29) is 5.91 Å². The van der Waals surface area contributed by atoms with E-state index in [2.05, 4.69) is 10.3 Å². The van der Waals surface area contributed by atoms with Crippen LogP contribution in [-0.2, 0) is 6.54 Å². The predicted molar refractivity (Wildman–Crippen MR) is 104 cm³/mol. The molecule has 0 atom stereocenters. The molecule has 1 N–H and O–H groups in total. The van der Waals surface area contributed by atoms with Gasteiger partial charge in [-0.1, -0.05) is 18.6 Å². The first-order valence-electron chi connectivity index (χ1n) is 9.29. The number of rotatable bonds is 6. The van der Waals surface area contributed by atoms with Crippen LogP contribution in [0.15, 0.2) is 42.6 Å². The van der Waals surface area contributed by atoms with Gasteiger partial charge in [0.25, 0.3) is 5.91 Å². The van der Waals surface area contributed by atoms with Crippen molar-refractivity contribution in [3.8, 4) is 5.75 Å². The smallest absolute Gasteiger partial charge is 0.251 e. The van der Waals surface area contributed by atoms with Gasteiger partial charge < -0.3 is 15.0 Å². The topological polar surface area (TPSA) is 54.5 Å². The SMILES string of the molecule is CN(C)c1cc(C(=O)NCc2ccc(OC3CCCCC3)cc2)ccn1. The van der Waals surface area contributed by atoms with Gasteiger partial charge in [-0.3, -0.25) is 4.79 Å². The van der Waals surface area contributed by atoms with Crippen molar-refractivity contribution in [2.24, 2.45) is 0 Å². The van der Waals surface area contributed by atoms with Gasteiger partial charge >= 0.3 is 0 Å². The third-order valence-corrected chi connectivity index (χ3v) is 4.70. The van der Waals surface area contributed by atoms with Gasteiger partial charge in [0.2, 0.25) is 0 Å². The number of ether oxygens (including phenoxy) is 1. The molecule has 1 fully saturated rings. The van der Waals surface area contributed by atoms with Crippen molar-refractivity contribution < 1.29 is 9.53 Å². The number of hydrogen-bond acceptors (Lipinski definition) is 4. The fourth-order valence-corrected chi connectivity index (χ4v) is 3.15. The average Bonchev–Trinajstić information content (AvgIpc) is 2.68. The Morgan fingerprint density at radius 1 is 1.15 bits per heavy atom. The average molecular weight is 353 g/mol. The lowest BCUT2D eigenvalue weighted by Gasteiger charge is -2.23. The molecule has 1 heterocycles. The molecule has 5 nitrogen and oxygen atoms in total. The van der Waals surface area contributed by atoms with Crippen LogP contribution in [-0.4, -0.2) is 31.1 Å². The van der Waals surface area contributed by atoms with Crippen LogP contribution >= 0.6 is 0 Å². The van der Waals surface area contributed by atoms with E-state index in [0.29, 0.717) is 18.2 Å². The minimum atomic E-state index is -0.0990. The summed E-state index contributed by atoms with van der Waals surface area (Å²) in [6.07, 6.45) is 8.16. The Bertz CT molecular complexity index is 722. The van der Waals surface area contributed by atoms with Crippen molar-refractivity contribution in [3.63, 3.8) is 0 Å². The van der Waals surface area contributed by atoms with Gasteiger partial charge in [-0.15, -0.1) is 0 Å². The number of nitrogens with zero attached hydrogens (tertiary/aromatic N) is 2. The zero-order valence-corrected chi connectivity index (χ0v) is 15.6. The number of nitrogens with one attached hydrogen (secondary N) is 1. The van der Waals surface area contributed by atoms with Crippen molar-refractivity contribution in [1.82, 2.24) is 10.3 Å². The number of carbonyl (C=O) groups excluding carboxylic acids is 1. The Labute approximate surface area is 155 Å². The normalized spacial score (nSPS) is 14.7. The third-order valence-electron chi connectivity index (χ3n) is 4.70. The van der Waals surface area contributed by atoms with E-state index < -0.39 is 0 Å². The fraction of sp³-hybridized carbons (Fsp3) is 0.429. The van der Waals surface area contributed by atoms with E-state index >= 15 is 0 Å². The molecule has 0 spiro atoms. The molecule has 1 saturated carbocycles. The van der Waals surface area contributed by atoms with Crippen molar-refractivity contribution in [1.29, 1.82) is 0 Å². The van der Waals surface area contributed by atoms with Gasteiger partial charge in [-0.2, -0.15) is 0 Å². The number of anilines is 1. The lowest BCUT2D eigenvalue weighted by atomic mass is 9.98. The number of amides is 1. The van der Waals surface area contributed by atoms with Crippen LogP contribution in [0.1, 0.15) is 48.0 Å². The molecular weight excluding hydrogens is 326 g/mol. The number of benzene rings is 1. The van der Waals surface area contributed by atoms with Crippen LogP contribution in [0.4, 0.5) is 5.82 Å². The molecule has 3 rings (SSSR count). The molecule has 0 saturated heterocycles. The second-order valence-corrected chi connectivity index (χ2v) is 7.00. The van der Waals surface area contributed by atoms with Crippen LogP contribution in [0.2, 0.25) is 0 Å². The maximum absolute atomic E-state index is 12.3. The molecule has 0 bridgehead atoms. The van der Waals surface area contributed by atoms with E-state index in [0.717, 1.165) is 30.0 Å². The highest BCUT2D eigenvalue weighted by Gasteiger charge is 2.14. The summed E-state index contributed by atoms with van der Waals surface area (Å²) in [5.41, 5.74) is 1.66. The second kappa shape index (κ2) is 8.70. The van der Waals surface area contributed by atoms with Gasteiger partial charge in [0.1, 0.15) is 11.6 Å². The van der Waals surface area contributed by atoms with E-state index in [1.54, 1.807) is 18.3 Å². The molecule has 1 aliphatic carbocycles. The fourth-order valence-electron chi connectivity index (χ4n) is 3.15. The highest BCUT2D eigenvalue weighted by atomic mass is 16.5. The van der Waals surface area contributed by atoms with Crippen LogP contribution in [0, 0.1) is 0 Å². The zero-order chi connectivity index (χ0) is 18.4. The van der Waals surface area contributed by atoms with Crippen molar-refractivity contribution >= 4 is 11.7 Å². The first kappa shape index (κ1) is 18.2. The Hall–Kier alpha value is -2.56. The van der Waals surface area contributed by atoms with E-state index in [4.69, 9.17) is 4.74 Å². The molecule has 0 unspecified atom stereocenters. The standard InChI is InChI=1S/C21H27N3O2/c1-24(2)20-14-17(12-13-22-20)21(25)23-15-16-8-10-19(11-9-16)26-18-6-4-3-5-7-18/h8-14,18H,3-7,15H2,1-2H3,(H,23,25). The lowest BCUT2D eigenvalue weighted by Crippen LogP contribution is -2.23. The number of carbonyl (C=O) groups is 1. The molecule has 138 valence electrons. The molecule has 26 heavy (non-hydrogen) atoms. The molecular formula is C21H27N3O2. The van der Waals surface area contributed by atoms with Gasteiger partial charge in [0.05, 0.1) is 6.10 Å². The van der Waals surface area contributed by atoms with Gasteiger partial charge in [-0.05, 0) is 55.5 Å². The van der Waals surface area contributed by atoms with E-state index in [1.807, 2.05) is 43.3 Å². The van der Waals surface area contributed by atoms with Crippen molar-refractivity contribution in [3.05, 3.63) is 53.7 Å². The summed E-state index contributed by atoms with van der Waals surface area (Å²) in [7, 11) is 3.81. The third kappa shape index (κ3) is 4.97. The minimum absolute atomic E-state index is 0.0990. The summed E-state index contributed by atoms with van der Waals surface area (Å²) in [6, 6.07) is 11.5. The molecule has 5 heteroatoms. The molecule has 1 aromatic carbocycles. The Morgan fingerprint density at radius 3 is 2.58 bits per heavy atom. The maximum Gasteiger partial charge on any atom is 0.251 e. The summed E-state index contributed by atoms with van der Waals surface area (Å²) in [5.74, 6) is 1.58. The predicted octanol–water partition coefficient (Wildman–Crippen LogP) is 3.79. The summed E-state index contributed by atoms with van der Waals surface area (Å²) >= 11 is 0. The number of pyridine rings is 1. The molecule has 2 aromatic rings. The van der Waals surface area contributed by atoms with Crippen LogP contribution in [0.3, 0.4) is 0 Å². The van der Waals surface area contributed by atoms with E-state index in [1.165, 1.54) is 19.3 Å². The molecule has 1 amide bonds. The van der Waals surface area contributed by atoms with Crippen LogP contribution in [0.25, 0.3) is 0 Å². The first-order valence-corrected chi connectivity index (χ1v) is 9.29. The van der Waals surface area contributed by atoms with Gasteiger partial charge in [0, 0.05) is 32.4 Å². The Morgan fingerprint density at radius 2 is 1.88 bits per heavy atom. The van der Waals surface area contributed by atoms with Gasteiger partial charge in [0.15, 0.2) is 0 Å². The van der Waals surface area contributed by atoms with Crippen LogP contribution in [0.5, 0.6) is 5.75 Å². The lowest BCUT2D eigenvalue weighted by molar-refractivity contribution is 0.0951. The van der Waals surface area contributed by atoms with Crippen molar-refractivity contribution in [2.75, 3.05) is 19.0 Å². The largest absolute Gasteiger partial charge is 0.490 e. The second-order valence-electron chi connectivity index (χ2n) is 7.00.